The zero-order valence-corrected chi connectivity index (χ0v) is 44.4. The number of esters is 1. The molecule has 0 spiro atoms. The van der Waals surface area contributed by atoms with E-state index in [0.717, 1.165) is 44.9 Å². The van der Waals surface area contributed by atoms with Gasteiger partial charge in [-0.25, -0.2) is 0 Å². The Bertz CT molecular complexity index is 1030. The quantitative estimate of drug-likeness (QED) is 0.0321. The fraction of sp³-hybridized carbons (Fsp3) is 0.900. The average Bonchev–Trinajstić information content (AvgIpc) is 3.32. The minimum Gasteiger partial charge on any atom is -0.466 e. The van der Waals surface area contributed by atoms with Crippen LogP contribution in [-0.4, -0.2) is 47.4 Å². The predicted molar refractivity (Wildman–Crippen MR) is 287 cm³/mol. The molecule has 2 unspecified atom stereocenters. The number of ether oxygens (including phenoxy) is 1. The lowest BCUT2D eigenvalue weighted by molar-refractivity contribution is -0.143. The van der Waals surface area contributed by atoms with Crippen molar-refractivity contribution in [1.82, 2.24) is 5.32 Å². The Morgan fingerprint density at radius 1 is 0.409 bits per heavy atom. The summed E-state index contributed by atoms with van der Waals surface area (Å²) in [6.07, 6.45) is 67.8. The second kappa shape index (κ2) is 55.9. The Kier molecular flexibility index (Phi) is 54.5. The fourth-order valence-electron chi connectivity index (χ4n) is 9.15. The number of aliphatic hydroxyl groups is 2. The van der Waals surface area contributed by atoms with Crippen LogP contribution in [0.5, 0.6) is 0 Å². The summed E-state index contributed by atoms with van der Waals surface area (Å²) in [5.74, 6) is -0.0620. The van der Waals surface area contributed by atoms with Crippen LogP contribution in [0.2, 0.25) is 0 Å². The van der Waals surface area contributed by atoms with Crippen LogP contribution in [-0.2, 0) is 14.3 Å². The van der Waals surface area contributed by atoms with Gasteiger partial charge in [0.05, 0.1) is 25.4 Å². The van der Waals surface area contributed by atoms with E-state index in [1.165, 1.54) is 250 Å². The van der Waals surface area contributed by atoms with Crippen LogP contribution in [0.25, 0.3) is 0 Å². The van der Waals surface area contributed by atoms with Crippen molar-refractivity contribution in [1.29, 1.82) is 0 Å². The Labute approximate surface area is 411 Å². The van der Waals surface area contributed by atoms with Crippen LogP contribution in [0.4, 0.5) is 0 Å². The number of rotatable bonds is 55. The molecule has 0 aliphatic heterocycles. The summed E-state index contributed by atoms with van der Waals surface area (Å²) in [5.41, 5.74) is 0. The highest BCUT2D eigenvalue weighted by atomic mass is 16.5. The topological polar surface area (TPSA) is 95.9 Å². The molecule has 0 rings (SSSR count). The van der Waals surface area contributed by atoms with E-state index in [9.17, 15) is 19.8 Å². The number of amides is 1. The normalized spacial score (nSPS) is 12.7. The Morgan fingerprint density at radius 2 is 0.727 bits per heavy atom. The van der Waals surface area contributed by atoms with Crippen LogP contribution in [0, 0.1) is 0 Å². The Balaban J connectivity index is 3.39. The lowest BCUT2D eigenvalue weighted by atomic mass is 10.0. The standard InChI is InChI=1S/C60H115NO5/c1-3-5-7-9-11-13-15-16-29-33-36-40-44-48-52-58(63)57(56-62)61-59(64)53-49-45-41-37-34-30-27-25-23-21-19-17-18-20-22-24-26-28-31-35-39-43-47-51-55-66-60(65)54-50-46-42-38-32-14-12-10-8-6-4-2/h10,12,48,52,57-58,62-63H,3-9,11,13-47,49-51,53-56H2,1-2H3,(H,61,64)/b12-10-,52-48+. The molecule has 6 nitrogen and oxygen atoms in total. The van der Waals surface area contributed by atoms with Crippen LogP contribution >= 0.6 is 0 Å². The lowest BCUT2D eigenvalue weighted by Crippen LogP contribution is -2.45. The molecule has 6 heteroatoms. The number of carbonyl (C=O) groups excluding carboxylic acids is 2. The van der Waals surface area contributed by atoms with E-state index in [-0.39, 0.29) is 18.5 Å². The molecule has 66 heavy (non-hydrogen) atoms. The third-order valence-electron chi connectivity index (χ3n) is 13.7. The van der Waals surface area contributed by atoms with E-state index in [0.29, 0.717) is 19.4 Å². The SMILES string of the molecule is CCCC/C=C\CCCCCCCC(=O)OCCCCCCCCCCCCCCCCCCCCCCCCCCC(=O)NC(CO)C(O)/C=C/CCCCCCCCCCCCCC. The number of allylic oxidation sites excluding steroid dienone is 3. The molecule has 390 valence electrons. The van der Waals surface area contributed by atoms with Gasteiger partial charge in [-0.1, -0.05) is 282 Å². The van der Waals surface area contributed by atoms with Gasteiger partial charge in [0.25, 0.3) is 0 Å². The molecule has 0 fully saturated rings. The van der Waals surface area contributed by atoms with Crippen molar-refractivity contribution in [3.63, 3.8) is 0 Å². The lowest BCUT2D eigenvalue weighted by Gasteiger charge is -2.20. The first kappa shape index (κ1) is 64.3. The van der Waals surface area contributed by atoms with E-state index >= 15 is 0 Å². The summed E-state index contributed by atoms with van der Waals surface area (Å²) < 4.78 is 5.46. The van der Waals surface area contributed by atoms with Crippen LogP contribution in [0.1, 0.15) is 322 Å². The van der Waals surface area contributed by atoms with Crippen molar-refractivity contribution in [2.75, 3.05) is 13.2 Å². The molecule has 0 aliphatic carbocycles. The first-order valence-corrected chi connectivity index (χ1v) is 29.6. The molecule has 2 atom stereocenters. The smallest absolute Gasteiger partial charge is 0.305 e. The number of hydrogen-bond acceptors (Lipinski definition) is 5. The number of aliphatic hydroxyl groups excluding tert-OH is 2. The maximum Gasteiger partial charge on any atom is 0.305 e. The van der Waals surface area contributed by atoms with Crippen molar-refractivity contribution < 1.29 is 24.5 Å². The largest absolute Gasteiger partial charge is 0.466 e. The molecule has 0 saturated heterocycles. The second-order valence-corrected chi connectivity index (χ2v) is 20.3. The van der Waals surface area contributed by atoms with Crippen LogP contribution in [0.15, 0.2) is 24.3 Å². The minimum absolute atomic E-state index is 0.00386. The molecule has 1 amide bonds. The Hall–Kier alpha value is -1.66. The molecule has 3 N–H and O–H groups in total. The van der Waals surface area contributed by atoms with E-state index in [1.807, 2.05) is 6.08 Å². The summed E-state index contributed by atoms with van der Waals surface area (Å²) in [4.78, 5) is 24.4. The Morgan fingerprint density at radius 3 is 1.12 bits per heavy atom. The maximum absolute atomic E-state index is 12.4. The second-order valence-electron chi connectivity index (χ2n) is 20.3. The van der Waals surface area contributed by atoms with Crippen molar-refractivity contribution in [3.05, 3.63) is 24.3 Å². The highest BCUT2D eigenvalue weighted by molar-refractivity contribution is 5.76. The van der Waals surface area contributed by atoms with Crippen LogP contribution < -0.4 is 5.32 Å². The predicted octanol–water partition coefficient (Wildman–Crippen LogP) is 18.2. The first-order chi connectivity index (χ1) is 32.5. The van der Waals surface area contributed by atoms with Gasteiger partial charge in [-0.3, -0.25) is 9.59 Å². The number of hydrogen-bond donors (Lipinski definition) is 3. The summed E-state index contributed by atoms with van der Waals surface area (Å²) in [6.45, 7) is 4.87. The molecule has 0 saturated carbocycles. The summed E-state index contributed by atoms with van der Waals surface area (Å²) in [7, 11) is 0. The van der Waals surface area contributed by atoms with Crippen molar-refractivity contribution in [2.24, 2.45) is 0 Å². The number of carbonyl (C=O) groups is 2. The monoisotopic (exact) mass is 930 g/mol. The van der Waals surface area contributed by atoms with Gasteiger partial charge in [0.15, 0.2) is 0 Å². The third-order valence-corrected chi connectivity index (χ3v) is 13.7. The molecule has 0 radical (unpaired) electrons. The first-order valence-electron chi connectivity index (χ1n) is 29.6. The van der Waals surface area contributed by atoms with Crippen LogP contribution in [0.3, 0.4) is 0 Å². The van der Waals surface area contributed by atoms with Gasteiger partial charge in [-0.2, -0.15) is 0 Å². The fourth-order valence-corrected chi connectivity index (χ4v) is 9.15. The third kappa shape index (κ3) is 51.7. The van der Waals surface area contributed by atoms with Gasteiger partial charge < -0.3 is 20.3 Å². The molecule has 0 aromatic carbocycles. The molecule has 0 heterocycles. The van der Waals surface area contributed by atoms with Gasteiger partial charge in [0.2, 0.25) is 5.91 Å². The molecule has 0 bridgehead atoms. The maximum atomic E-state index is 12.4. The highest BCUT2D eigenvalue weighted by Crippen LogP contribution is 2.17. The van der Waals surface area contributed by atoms with Crippen molar-refractivity contribution in [2.45, 2.75) is 334 Å². The van der Waals surface area contributed by atoms with Gasteiger partial charge in [0, 0.05) is 12.8 Å². The van der Waals surface area contributed by atoms with Crippen molar-refractivity contribution in [3.8, 4) is 0 Å². The number of nitrogens with one attached hydrogen (secondary N) is 1. The molecule has 0 aromatic heterocycles. The van der Waals surface area contributed by atoms with E-state index in [1.54, 1.807) is 6.08 Å². The number of unbranched alkanes of at least 4 members (excludes halogenated alkanes) is 42. The van der Waals surface area contributed by atoms with Gasteiger partial charge in [-0.05, 0) is 51.4 Å². The van der Waals surface area contributed by atoms with E-state index in [4.69, 9.17) is 4.74 Å². The zero-order valence-electron chi connectivity index (χ0n) is 44.4. The summed E-state index contributed by atoms with van der Waals surface area (Å²) in [5, 5.41) is 23.1. The minimum atomic E-state index is -0.842. The van der Waals surface area contributed by atoms with Gasteiger partial charge in [0.1, 0.15) is 0 Å². The van der Waals surface area contributed by atoms with E-state index in [2.05, 4.69) is 31.3 Å². The molecular formula is C60H115NO5. The van der Waals surface area contributed by atoms with Gasteiger partial charge in [-0.15, -0.1) is 0 Å². The zero-order chi connectivity index (χ0) is 47.9. The molecular weight excluding hydrogens is 815 g/mol. The van der Waals surface area contributed by atoms with Crippen molar-refractivity contribution >= 4 is 11.9 Å². The molecule has 0 aliphatic rings. The van der Waals surface area contributed by atoms with Gasteiger partial charge >= 0.3 is 5.97 Å². The molecule has 0 aromatic rings. The summed E-state index contributed by atoms with van der Waals surface area (Å²) in [6, 6.07) is -0.626. The van der Waals surface area contributed by atoms with E-state index < -0.39 is 12.1 Å². The average molecular weight is 931 g/mol. The summed E-state index contributed by atoms with van der Waals surface area (Å²) >= 11 is 0. The highest BCUT2D eigenvalue weighted by Gasteiger charge is 2.18.